The first-order chi connectivity index (χ1) is 11.3. The Balaban J connectivity index is 1.47. The molecular formula is C17H21N5S. The molecule has 1 aromatic carbocycles. The fourth-order valence-corrected chi connectivity index (χ4v) is 3.19. The molecule has 1 aliphatic heterocycles. The van der Waals surface area contributed by atoms with E-state index in [0.29, 0.717) is 12.5 Å². The van der Waals surface area contributed by atoms with Crippen molar-refractivity contribution in [1.82, 2.24) is 9.88 Å². The van der Waals surface area contributed by atoms with Gasteiger partial charge in [0.15, 0.2) is 11.1 Å². The number of anilines is 1. The van der Waals surface area contributed by atoms with Crippen LogP contribution in [0.3, 0.4) is 0 Å². The molecular weight excluding hydrogens is 306 g/mol. The fraction of sp³-hybridized carbons (Fsp3) is 0.294. The summed E-state index contributed by atoms with van der Waals surface area (Å²) in [6, 6.07) is 10.2. The summed E-state index contributed by atoms with van der Waals surface area (Å²) >= 11 is 1.68. The van der Waals surface area contributed by atoms with Crippen molar-refractivity contribution >= 4 is 28.5 Å². The van der Waals surface area contributed by atoms with E-state index in [-0.39, 0.29) is 0 Å². The number of benzene rings is 1. The highest BCUT2D eigenvalue weighted by Gasteiger charge is 2.19. The van der Waals surface area contributed by atoms with Crippen LogP contribution in [0.1, 0.15) is 5.56 Å². The maximum Gasteiger partial charge on any atom is 0.191 e. The molecule has 5 nitrogen and oxygen atoms in total. The van der Waals surface area contributed by atoms with E-state index in [2.05, 4.69) is 38.0 Å². The second kappa shape index (κ2) is 7.78. The number of nitrogens with zero attached hydrogens (tertiary/aromatic N) is 4. The van der Waals surface area contributed by atoms with Gasteiger partial charge < -0.3 is 15.5 Å². The highest BCUT2D eigenvalue weighted by Crippen LogP contribution is 2.18. The number of piperazine rings is 1. The second-order valence-corrected chi connectivity index (χ2v) is 6.17. The van der Waals surface area contributed by atoms with Crippen molar-refractivity contribution in [3.63, 3.8) is 0 Å². The molecule has 23 heavy (non-hydrogen) atoms. The van der Waals surface area contributed by atoms with Crippen molar-refractivity contribution in [2.75, 3.05) is 37.6 Å². The summed E-state index contributed by atoms with van der Waals surface area (Å²) in [5, 5.41) is 3.10. The van der Waals surface area contributed by atoms with E-state index in [9.17, 15) is 0 Å². The van der Waals surface area contributed by atoms with E-state index in [4.69, 9.17) is 5.73 Å². The number of aliphatic imine (C=N–C) groups is 1. The van der Waals surface area contributed by atoms with Crippen molar-refractivity contribution in [2.45, 2.75) is 0 Å². The minimum atomic E-state index is 0.605. The third-order valence-electron chi connectivity index (χ3n) is 3.76. The third-order valence-corrected chi connectivity index (χ3v) is 4.59. The van der Waals surface area contributed by atoms with Gasteiger partial charge in [-0.3, -0.25) is 0 Å². The molecule has 0 unspecified atom stereocenters. The van der Waals surface area contributed by atoms with Crippen LogP contribution < -0.4 is 10.6 Å². The number of hydrogen-bond donors (Lipinski definition) is 1. The van der Waals surface area contributed by atoms with E-state index in [1.54, 1.807) is 11.3 Å². The largest absolute Gasteiger partial charge is 0.370 e. The summed E-state index contributed by atoms with van der Waals surface area (Å²) in [5.41, 5.74) is 7.28. The van der Waals surface area contributed by atoms with Gasteiger partial charge in [-0.2, -0.15) is 0 Å². The molecule has 0 atom stereocenters. The van der Waals surface area contributed by atoms with E-state index in [1.807, 2.05) is 35.9 Å². The van der Waals surface area contributed by atoms with Gasteiger partial charge in [0.25, 0.3) is 0 Å². The molecule has 0 aliphatic carbocycles. The summed E-state index contributed by atoms with van der Waals surface area (Å²) in [7, 11) is 0. The van der Waals surface area contributed by atoms with Crippen LogP contribution in [0.25, 0.3) is 6.08 Å². The summed E-state index contributed by atoms with van der Waals surface area (Å²) in [4.78, 5) is 13.2. The standard InChI is InChI=1S/C17H21N5S/c18-16(19-8-4-7-15-5-2-1-3-6-15)21-10-12-22(13-11-21)17-20-9-14-23-17/h1-7,9,14H,8,10-13H2,(H2,18,19). The van der Waals surface area contributed by atoms with Crippen LogP contribution in [-0.4, -0.2) is 48.6 Å². The van der Waals surface area contributed by atoms with Crippen molar-refractivity contribution in [1.29, 1.82) is 0 Å². The van der Waals surface area contributed by atoms with Gasteiger partial charge >= 0.3 is 0 Å². The summed E-state index contributed by atoms with van der Waals surface area (Å²) in [5.74, 6) is 0.626. The molecule has 0 spiro atoms. The molecule has 120 valence electrons. The first-order valence-electron chi connectivity index (χ1n) is 7.74. The Bertz CT molecular complexity index is 643. The molecule has 6 heteroatoms. The molecule has 1 saturated heterocycles. The molecule has 0 amide bonds. The zero-order chi connectivity index (χ0) is 15.9. The minimum absolute atomic E-state index is 0.605. The molecule has 1 aromatic heterocycles. The van der Waals surface area contributed by atoms with Crippen LogP contribution in [0.2, 0.25) is 0 Å². The molecule has 0 saturated carbocycles. The van der Waals surface area contributed by atoms with Crippen LogP contribution in [0.15, 0.2) is 53.0 Å². The zero-order valence-electron chi connectivity index (χ0n) is 13.0. The Kier molecular flexibility index (Phi) is 5.26. The number of nitrogens with two attached hydrogens (primary N) is 1. The lowest BCUT2D eigenvalue weighted by Gasteiger charge is -2.35. The number of guanidine groups is 1. The van der Waals surface area contributed by atoms with Crippen LogP contribution in [0.4, 0.5) is 5.13 Å². The van der Waals surface area contributed by atoms with E-state index in [0.717, 1.165) is 31.3 Å². The normalized spacial score (nSPS) is 16.3. The Labute approximate surface area is 140 Å². The van der Waals surface area contributed by atoms with Crippen molar-refractivity contribution in [2.24, 2.45) is 10.7 Å². The van der Waals surface area contributed by atoms with Gasteiger partial charge in [0.05, 0.1) is 6.54 Å². The predicted octanol–water partition coefficient (Wildman–Crippen LogP) is 2.29. The quantitative estimate of drug-likeness (QED) is 0.691. The second-order valence-electron chi connectivity index (χ2n) is 5.30. The summed E-state index contributed by atoms with van der Waals surface area (Å²) in [6.07, 6.45) is 5.95. The number of thiazole rings is 1. The lowest BCUT2D eigenvalue weighted by atomic mass is 10.2. The molecule has 2 aromatic rings. The van der Waals surface area contributed by atoms with Crippen molar-refractivity contribution < 1.29 is 0 Å². The van der Waals surface area contributed by atoms with Gasteiger partial charge in [-0.25, -0.2) is 9.98 Å². The molecule has 2 heterocycles. The lowest BCUT2D eigenvalue weighted by molar-refractivity contribution is 0.381. The van der Waals surface area contributed by atoms with Crippen molar-refractivity contribution in [3.8, 4) is 0 Å². The summed E-state index contributed by atoms with van der Waals surface area (Å²) < 4.78 is 0. The van der Waals surface area contributed by atoms with Crippen LogP contribution in [0, 0.1) is 0 Å². The average Bonchev–Trinajstić information content (AvgIpc) is 3.14. The zero-order valence-corrected chi connectivity index (χ0v) is 13.8. The third kappa shape index (κ3) is 4.32. The van der Waals surface area contributed by atoms with Gasteiger partial charge in [-0.15, -0.1) is 11.3 Å². The molecule has 2 N–H and O–H groups in total. The predicted molar refractivity (Wildman–Crippen MR) is 97.9 cm³/mol. The molecule has 3 rings (SSSR count). The first-order valence-corrected chi connectivity index (χ1v) is 8.62. The van der Waals surface area contributed by atoms with Gasteiger partial charge in [-0.05, 0) is 5.56 Å². The highest BCUT2D eigenvalue weighted by atomic mass is 32.1. The average molecular weight is 327 g/mol. The number of hydrogen-bond acceptors (Lipinski definition) is 4. The van der Waals surface area contributed by atoms with E-state index in [1.165, 1.54) is 5.56 Å². The molecule has 0 radical (unpaired) electrons. The van der Waals surface area contributed by atoms with E-state index < -0.39 is 0 Å². The SMILES string of the molecule is NC(=NCC=Cc1ccccc1)N1CCN(c2nccs2)CC1. The Morgan fingerprint density at radius 2 is 2.00 bits per heavy atom. The fourth-order valence-electron chi connectivity index (χ4n) is 2.50. The van der Waals surface area contributed by atoms with Crippen molar-refractivity contribution in [3.05, 3.63) is 53.5 Å². The Hall–Kier alpha value is -2.34. The maximum absolute atomic E-state index is 6.10. The monoisotopic (exact) mass is 327 g/mol. The maximum atomic E-state index is 6.10. The van der Waals surface area contributed by atoms with E-state index >= 15 is 0 Å². The Morgan fingerprint density at radius 1 is 1.22 bits per heavy atom. The van der Waals surface area contributed by atoms with Crippen LogP contribution in [-0.2, 0) is 0 Å². The highest BCUT2D eigenvalue weighted by molar-refractivity contribution is 7.13. The Morgan fingerprint density at radius 3 is 2.70 bits per heavy atom. The molecule has 1 fully saturated rings. The number of rotatable bonds is 4. The van der Waals surface area contributed by atoms with Gasteiger partial charge in [0.1, 0.15) is 0 Å². The summed E-state index contributed by atoms with van der Waals surface area (Å²) in [6.45, 7) is 4.25. The number of aromatic nitrogens is 1. The first kappa shape index (κ1) is 15.6. The minimum Gasteiger partial charge on any atom is -0.370 e. The molecule has 1 aliphatic rings. The topological polar surface area (TPSA) is 57.8 Å². The van der Waals surface area contributed by atoms with Gasteiger partial charge in [0, 0.05) is 37.8 Å². The smallest absolute Gasteiger partial charge is 0.191 e. The van der Waals surface area contributed by atoms with Crippen LogP contribution in [0.5, 0.6) is 0 Å². The lowest BCUT2D eigenvalue weighted by Crippen LogP contribution is -2.51. The van der Waals surface area contributed by atoms with Crippen LogP contribution >= 0.6 is 11.3 Å². The van der Waals surface area contributed by atoms with Gasteiger partial charge in [0.2, 0.25) is 0 Å². The van der Waals surface area contributed by atoms with Gasteiger partial charge in [-0.1, -0.05) is 42.5 Å². The molecule has 0 bridgehead atoms.